The first kappa shape index (κ1) is 21.7. The Morgan fingerprint density at radius 1 is 1.43 bits per heavy atom. The molecular formula is C13H19Cl2N3O3. The van der Waals surface area contributed by atoms with Gasteiger partial charge in [-0.3, -0.25) is 4.79 Å². The third-order valence-electron chi connectivity index (χ3n) is 2.76. The van der Waals surface area contributed by atoms with E-state index in [0.29, 0.717) is 0 Å². The molecule has 0 aliphatic carbocycles. The van der Waals surface area contributed by atoms with Crippen molar-refractivity contribution in [1.82, 2.24) is 9.97 Å². The molecule has 0 saturated carbocycles. The number of carbonyl (C=O) groups is 1. The second-order valence-corrected chi connectivity index (χ2v) is 4.54. The van der Waals surface area contributed by atoms with Gasteiger partial charge >= 0.3 is 5.97 Å². The number of aromatic nitrogens is 2. The van der Waals surface area contributed by atoms with E-state index >= 15 is 0 Å². The Balaban J connectivity index is 0. The van der Waals surface area contributed by atoms with Gasteiger partial charge in [0.1, 0.15) is 11.4 Å². The van der Waals surface area contributed by atoms with Gasteiger partial charge in [-0.2, -0.15) is 0 Å². The normalized spacial score (nSPS) is 12.1. The molecule has 0 saturated heterocycles. The molecule has 0 radical (unpaired) electrons. The van der Waals surface area contributed by atoms with Crippen LogP contribution in [0.2, 0.25) is 0 Å². The first-order chi connectivity index (χ1) is 8.49. The predicted molar refractivity (Wildman–Crippen MR) is 86.1 cm³/mol. The molecular weight excluding hydrogens is 317 g/mol. The van der Waals surface area contributed by atoms with Crippen LogP contribution in [0.1, 0.15) is 12.5 Å². The summed E-state index contributed by atoms with van der Waals surface area (Å²) in [7, 11) is 0. The Bertz CT molecular complexity index is 560. The lowest BCUT2D eigenvalue weighted by atomic mass is 9.93. The minimum absolute atomic E-state index is 0. The molecule has 0 aliphatic rings. The number of benzene rings is 1. The van der Waals surface area contributed by atoms with Crippen LogP contribution in [0.4, 0.5) is 0 Å². The van der Waals surface area contributed by atoms with Crippen molar-refractivity contribution in [2.75, 3.05) is 0 Å². The number of imidazole rings is 1. The van der Waals surface area contributed by atoms with Crippen molar-refractivity contribution in [1.29, 1.82) is 0 Å². The standard InChI is InChI=1S/C13H15N3O2.2ClH.H2O/c1-13(14,12(17)18)8-9-3-2-4-10(7-9)11-15-5-6-16-11;;;/h2-7H,8,14H2,1H3,(H,15,16)(H,17,18);2*1H;1H2/t13-;;;/m1.../s1. The van der Waals surface area contributed by atoms with Gasteiger partial charge in [0, 0.05) is 24.4 Å². The van der Waals surface area contributed by atoms with E-state index in [1.807, 2.05) is 24.3 Å². The molecule has 2 rings (SSSR count). The van der Waals surface area contributed by atoms with Crippen molar-refractivity contribution in [2.45, 2.75) is 18.9 Å². The summed E-state index contributed by atoms with van der Waals surface area (Å²) in [4.78, 5) is 18.2. The Kier molecular flexibility index (Phi) is 8.92. The van der Waals surface area contributed by atoms with Crippen molar-refractivity contribution in [3.63, 3.8) is 0 Å². The number of carboxylic acids is 1. The van der Waals surface area contributed by atoms with Gasteiger partial charge in [-0.1, -0.05) is 18.2 Å². The zero-order chi connectivity index (χ0) is 13.2. The third kappa shape index (κ3) is 5.35. The van der Waals surface area contributed by atoms with E-state index in [0.717, 1.165) is 17.0 Å². The monoisotopic (exact) mass is 335 g/mol. The molecule has 0 fully saturated rings. The second kappa shape index (κ2) is 8.63. The van der Waals surface area contributed by atoms with E-state index in [9.17, 15) is 4.79 Å². The summed E-state index contributed by atoms with van der Waals surface area (Å²) >= 11 is 0. The van der Waals surface area contributed by atoms with Crippen LogP contribution in [0, 0.1) is 0 Å². The molecule has 1 aromatic heterocycles. The largest absolute Gasteiger partial charge is 0.480 e. The summed E-state index contributed by atoms with van der Waals surface area (Å²) in [6.07, 6.45) is 3.69. The molecule has 0 amide bonds. The molecule has 2 aromatic rings. The fraction of sp³-hybridized carbons (Fsp3) is 0.231. The van der Waals surface area contributed by atoms with Crippen LogP contribution in [0.5, 0.6) is 0 Å². The van der Waals surface area contributed by atoms with Gasteiger partial charge in [-0.25, -0.2) is 4.98 Å². The fourth-order valence-corrected chi connectivity index (χ4v) is 1.75. The summed E-state index contributed by atoms with van der Waals surface area (Å²) in [6.45, 7) is 1.51. The number of aliphatic carboxylic acids is 1. The topological polar surface area (TPSA) is 124 Å². The number of hydrogen-bond acceptors (Lipinski definition) is 3. The van der Waals surface area contributed by atoms with Crippen LogP contribution in [0.25, 0.3) is 11.4 Å². The Morgan fingerprint density at radius 2 is 2.10 bits per heavy atom. The smallest absolute Gasteiger partial charge is 0.323 e. The molecule has 118 valence electrons. The third-order valence-corrected chi connectivity index (χ3v) is 2.76. The molecule has 8 heteroatoms. The highest BCUT2D eigenvalue weighted by atomic mass is 35.5. The number of rotatable bonds is 4. The van der Waals surface area contributed by atoms with Crippen LogP contribution in [0.3, 0.4) is 0 Å². The highest BCUT2D eigenvalue weighted by molar-refractivity contribution is 5.85. The molecule has 1 aromatic carbocycles. The van der Waals surface area contributed by atoms with E-state index < -0.39 is 11.5 Å². The lowest BCUT2D eigenvalue weighted by Crippen LogP contribution is -2.46. The van der Waals surface area contributed by atoms with Crippen molar-refractivity contribution in [3.05, 3.63) is 42.2 Å². The van der Waals surface area contributed by atoms with Crippen molar-refractivity contribution in [2.24, 2.45) is 5.73 Å². The highest BCUT2D eigenvalue weighted by Crippen LogP contribution is 2.19. The van der Waals surface area contributed by atoms with Gasteiger partial charge < -0.3 is 21.3 Å². The van der Waals surface area contributed by atoms with Gasteiger partial charge in [0.15, 0.2) is 0 Å². The predicted octanol–water partition coefficient (Wildman–Crippen LogP) is 1.44. The lowest BCUT2D eigenvalue weighted by Gasteiger charge is -2.19. The Hall–Kier alpha value is -1.60. The number of H-pyrrole nitrogens is 1. The first-order valence-corrected chi connectivity index (χ1v) is 5.60. The van der Waals surface area contributed by atoms with Gasteiger partial charge in [0.25, 0.3) is 0 Å². The van der Waals surface area contributed by atoms with Gasteiger partial charge in [0.05, 0.1) is 0 Å². The Labute approximate surface area is 134 Å². The highest BCUT2D eigenvalue weighted by Gasteiger charge is 2.28. The van der Waals surface area contributed by atoms with E-state index in [1.54, 1.807) is 12.4 Å². The molecule has 0 unspecified atom stereocenters. The SMILES string of the molecule is C[C@@](N)(Cc1cccc(-c2ncc[nH]2)c1)C(=O)O.Cl.Cl.O. The van der Waals surface area contributed by atoms with Crippen molar-refractivity contribution < 1.29 is 15.4 Å². The van der Waals surface area contributed by atoms with Gasteiger partial charge in [-0.05, 0) is 18.6 Å². The number of carboxylic acid groups (broad SMARTS) is 1. The minimum atomic E-state index is -1.26. The minimum Gasteiger partial charge on any atom is -0.480 e. The number of hydrogen-bond donors (Lipinski definition) is 3. The molecule has 1 atom stereocenters. The summed E-state index contributed by atoms with van der Waals surface area (Å²) in [5, 5.41) is 9.01. The fourth-order valence-electron chi connectivity index (χ4n) is 1.75. The first-order valence-electron chi connectivity index (χ1n) is 5.60. The molecule has 1 heterocycles. The zero-order valence-electron chi connectivity index (χ0n) is 11.4. The van der Waals surface area contributed by atoms with Crippen LogP contribution >= 0.6 is 24.8 Å². The van der Waals surface area contributed by atoms with E-state index in [4.69, 9.17) is 10.8 Å². The molecule has 6 N–H and O–H groups in total. The lowest BCUT2D eigenvalue weighted by molar-refractivity contribution is -0.142. The van der Waals surface area contributed by atoms with Crippen LogP contribution < -0.4 is 5.73 Å². The maximum atomic E-state index is 11.0. The zero-order valence-corrected chi connectivity index (χ0v) is 13.0. The second-order valence-electron chi connectivity index (χ2n) is 4.54. The Morgan fingerprint density at radius 3 is 2.62 bits per heavy atom. The van der Waals surface area contributed by atoms with Crippen molar-refractivity contribution in [3.8, 4) is 11.4 Å². The maximum Gasteiger partial charge on any atom is 0.323 e. The van der Waals surface area contributed by atoms with E-state index in [-0.39, 0.29) is 36.7 Å². The number of aromatic amines is 1. The number of nitrogens with zero attached hydrogens (tertiary/aromatic N) is 1. The molecule has 0 bridgehead atoms. The summed E-state index contributed by atoms with van der Waals surface area (Å²) in [5.74, 6) is -0.253. The summed E-state index contributed by atoms with van der Waals surface area (Å²) in [5.41, 5.74) is 6.26. The molecule has 0 aliphatic heterocycles. The van der Waals surface area contributed by atoms with Crippen molar-refractivity contribution >= 4 is 30.8 Å². The van der Waals surface area contributed by atoms with Gasteiger partial charge in [-0.15, -0.1) is 24.8 Å². The number of nitrogens with two attached hydrogens (primary N) is 1. The summed E-state index contributed by atoms with van der Waals surface area (Å²) < 4.78 is 0. The van der Waals surface area contributed by atoms with E-state index in [2.05, 4.69) is 9.97 Å². The number of halogens is 2. The van der Waals surface area contributed by atoms with Crippen LogP contribution in [-0.2, 0) is 11.2 Å². The summed E-state index contributed by atoms with van der Waals surface area (Å²) in [6, 6.07) is 7.54. The van der Waals surface area contributed by atoms with Crippen LogP contribution in [-0.4, -0.2) is 32.1 Å². The van der Waals surface area contributed by atoms with Crippen LogP contribution in [0.15, 0.2) is 36.7 Å². The average Bonchev–Trinajstić information content (AvgIpc) is 2.82. The quantitative estimate of drug-likeness (QED) is 0.781. The average molecular weight is 336 g/mol. The number of nitrogens with one attached hydrogen (secondary N) is 1. The maximum absolute atomic E-state index is 11.0. The molecule has 21 heavy (non-hydrogen) atoms. The molecule has 0 spiro atoms. The van der Waals surface area contributed by atoms with Gasteiger partial charge in [0.2, 0.25) is 0 Å². The molecule has 6 nitrogen and oxygen atoms in total. The van der Waals surface area contributed by atoms with E-state index in [1.165, 1.54) is 6.92 Å².